The van der Waals surface area contributed by atoms with Crippen molar-refractivity contribution in [3.63, 3.8) is 0 Å². The maximum Gasteiger partial charge on any atom is 0.126 e. The molecule has 1 aromatic heterocycles. The van der Waals surface area contributed by atoms with Gasteiger partial charge in [0.15, 0.2) is 0 Å². The number of aromatic nitrogens is 2. The summed E-state index contributed by atoms with van der Waals surface area (Å²) in [6.07, 6.45) is 7.28. The summed E-state index contributed by atoms with van der Waals surface area (Å²) in [7, 11) is 0. The Hall–Kier alpha value is -0.830. The van der Waals surface area contributed by atoms with Crippen LogP contribution in [0.25, 0.3) is 0 Å². The van der Waals surface area contributed by atoms with Crippen molar-refractivity contribution in [3.05, 3.63) is 17.7 Å². The first-order valence-corrected chi connectivity index (χ1v) is 7.08. The Balaban J connectivity index is 1.90. The van der Waals surface area contributed by atoms with Gasteiger partial charge in [-0.15, -0.1) is 0 Å². The monoisotopic (exact) mass is 233 g/mol. The van der Waals surface area contributed by atoms with Crippen molar-refractivity contribution in [2.45, 2.75) is 52.1 Å². The lowest BCUT2D eigenvalue weighted by atomic mass is 10.00. The van der Waals surface area contributed by atoms with E-state index in [2.05, 4.69) is 29.5 Å². The second-order valence-electron chi connectivity index (χ2n) is 5.65. The first-order valence-electron chi connectivity index (χ1n) is 7.08. The van der Waals surface area contributed by atoms with Crippen LogP contribution in [-0.4, -0.2) is 27.5 Å². The molecular formula is C14H23N3. The van der Waals surface area contributed by atoms with Crippen LogP contribution in [0.5, 0.6) is 0 Å². The highest BCUT2D eigenvalue weighted by Gasteiger charge is 2.30. The van der Waals surface area contributed by atoms with Crippen molar-refractivity contribution >= 4 is 0 Å². The Bertz CT molecular complexity index is 396. The number of rotatable bonds is 2. The zero-order chi connectivity index (χ0) is 11.8. The number of likely N-dealkylation sites (tertiary alicyclic amines) is 1. The lowest BCUT2D eigenvalue weighted by Gasteiger charge is -2.27. The predicted octanol–water partition coefficient (Wildman–Crippen LogP) is 2.62. The number of fused-ring (bicyclic) bond motifs is 1. The average molecular weight is 233 g/mol. The van der Waals surface area contributed by atoms with Gasteiger partial charge in [0.2, 0.25) is 0 Å². The van der Waals surface area contributed by atoms with Gasteiger partial charge >= 0.3 is 0 Å². The third kappa shape index (κ3) is 1.90. The van der Waals surface area contributed by atoms with Crippen molar-refractivity contribution in [1.82, 2.24) is 14.5 Å². The van der Waals surface area contributed by atoms with Gasteiger partial charge in [-0.3, -0.25) is 4.90 Å². The predicted molar refractivity (Wildman–Crippen MR) is 68.9 cm³/mol. The van der Waals surface area contributed by atoms with Crippen LogP contribution in [0.1, 0.15) is 50.7 Å². The van der Waals surface area contributed by atoms with E-state index in [9.17, 15) is 0 Å². The molecule has 3 heteroatoms. The van der Waals surface area contributed by atoms with Gasteiger partial charge in [0.05, 0.1) is 6.04 Å². The van der Waals surface area contributed by atoms with Crippen LogP contribution in [0.15, 0.2) is 6.20 Å². The normalized spacial score (nSPS) is 29.5. The highest BCUT2D eigenvalue weighted by molar-refractivity contribution is 5.12. The summed E-state index contributed by atoms with van der Waals surface area (Å²) in [6, 6.07) is 0.582. The number of hydrogen-bond donors (Lipinski definition) is 0. The standard InChI is InChI=1S/C14H23N3/c1-3-16-8-4-5-13(16)14-15-9-12-7-6-11(2)10-17(12)14/h9,11,13H,3-8,10H2,1-2H3. The summed E-state index contributed by atoms with van der Waals surface area (Å²) in [4.78, 5) is 7.31. The third-order valence-electron chi connectivity index (χ3n) is 4.42. The molecule has 3 rings (SSSR count). The maximum absolute atomic E-state index is 4.73. The summed E-state index contributed by atoms with van der Waals surface area (Å²) >= 11 is 0. The molecule has 2 aliphatic rings. The minimum Gasteiger partial charge on any atom is -0.330 e. The van der Waals surface area contributed by atoms with Crippen LogP contribution in [0.3, 0.4) is 0 Å². The van der Waals surface area contributed by atoms with Crippen LogP contribution >= 0.6 is 0 Å². The Labute approximate surface area is 104 Å². The van der Waals surface area contributed by atoms with Gasteiger partial charge in [-0.25, -0.2) is 4.98 Å². The van der Waals surface area contributed by atoms with Crippen LogP contribution in [0, 0.1) is 5.92 Å². The zero-order valence-electron chi connectivity index (χ0n) is 11.0. The maximum atomic E-state index is 4.73. The zero-order valence-corrected chi connectivity index (χ0v) is 11.0. The molecule has 0 saturated carbocycles. The Morgan fingerprint density at radius 1 is 1.41 bits per heavy atom. The second kappa shape index (κ2) is 4.45. The molecule has 1 saturated heterocycles. The van der Waals surface area contributed by atoms with Crippen LogP contribution in [-0.2, 0) is 13.0 Å². The molecule has 0 radical (unpaired) electrons. The van der Waals surface area contributed by atoms with E-state index in [1.165, 1.54) is 50.3 Å². The lowest BCUT2D eigenvalue weighted by molar-refractivity contribution is 0.249. The Kier molecular flexibility index (Phi) is 2.95. The van der Waals surface area contributed by atoms with Crippen molar-refractivity contribution < 1.29 is 0 Å². The summed E-state index contributed by atoms with van der Waals surface area (Å²) in [5, 5.41) is 0. The fraction of sp³-hybridized carbons (Fsp3) is 0.786. The van der Waals surface area contributed by atoms with Gasteiger partial charge in [0, 0.05) is 18.4 Å². The van der Waals surface area contributed by atoms with Gasteiger partial charge in [0.1, 0.15) is 5.82 Å². The SMILES string of the molecule is CCN1CCCC1c1ncc2n1CC(C)CC2. The topological polar surface area (TPSA) is 21.1 Å². The van der Waals surface area contributed by atoms with E-state index in [1.807, 2.05) is 0 Å². The molecule has 2 aliphatic heterocycles. The second-order valence-corrected chi connectivity index (χ2v) is 5.65. The molecule has 1 fully saturated rings. The quantitative estimate of drug-likeness (QED) is 0.783. The van der Waals surface area contributed by atoms with Gasteiger partial charge in [0.25, 0.3) is 0 Å². The number of hydrogen-bond acceptors (Lipinski definition) is 2. The van der Waals surface area contributed by atoms with E-state index in [0.29, 0.717) is 6.04 Å². The smallest absolute Gasteiger partial charge is 0.126 e. The Morgan fingerprint density at radius 3 is 3.12 bits per heavy atom. The molecule has 0 N–H and O–H groups in total. The Morgan fingerprint density at radius 2 is 2.29 bits per heavy atom. The van der Waals surface area contributed by atoms with E-state index in [1.54, 1.807) is 0 Å². The fourth-order valence-electron chi connectivity index (χ4n) is 3.40. The molecule has 1 aromatic rings. The van der Waals surface area contributed by atoms with Crippen LogP contribution in [0.2, 0.25) is 0 Å². The van der Waals surface area contributed by atoms with Gasteiger partial charge in [-0.2, -0.15) is 0 Å². The molecule has 0 aromatic carbocycles. The van der Waals surface area contributed by atoms with E-state index < -0.39 is 0 Å². The minimum atomic E-state index is 0.582. The van der Waals surface area contributed by atoms with Crippen molar-refractivity contribution in [2.75, 3.05) is 13.1 Å². The molecule has 2 atom stereocenters. The fourth-order valence-corrected chi connectivity index (χ4v) is 3.40. The largest absolute Gasteiger partial charge is 0.330 e. The third-order valence-corrected chi connectivity index (χ3v) is 4.42. The average Bonchev–Trinajstić information content (AvgIpc) is 2.93. The van der Waals surface area contributed by atoms with E-state index in [-0.39, 0.29) is 0 Å². The molecule has 0 bridgehead atoms. The molecule has 94 valence electrons. The molecule has 0 amide bonds. The molecule has 3 nitrogen and oxygen atoms in total. The molecule has 17 heavy (non-hydrogen) atoms. The molecule has 2 unspecified atom stereocenters. The van der Waals surface area contributed by atoms with E-state index in [0.717, 1.165) is 12.5 Å². The molecule has 0 spiro atoms. The van der Waals surface area contributed by atoms with E-state index in [4.69, 9.17) is 4.98 Å². The van der Waals surface area contributed by atoms with Gasteiger partial charge < -0.3 is 4.57 Å². The summed E-state index contributed by atoms with van der Waals surface area (Å²) in [5.41, 5.74) is 1.46. The van der Waals surface area contributed by atoms with E-state index >= 15 is 0 Å². The van der Waals surface area contributed by atoms with Crippen LogP contribution in [0.4, 0.5) is 0 Å². The number of nitrogens with zero attached hydrogens (tertiary/aromatic N) is 3. The van der Waals surface area contributed by atoms with Crippen molar-refractivity contribution in [2.24, 2.45) is 5.92 Å². The summed E-state index contributed by atoms with van der Waals surface area (Å²) in [6.45, 7) is 8.21. The highest BCUT2D eigenvalue weighted by Crippen LogP contribution is 2.33. The van der Waals surface area contributed by atoms with Gasteiger partial charge in [-0.05, 0) is 44.7 Å². The molecular weight excluding hydrogens is 210 g/mol. The first-order chi connectivity index (χ1) is 8.29. The summed E-state index contributed by atoms with van der Waals surface area (Å²) < 4.78 is 2.51. The summed E-state index contributed by atoms with van der Waals surface area (Å²) in [5.74, 6) is 2.15. The number of imidazole rings is 1. The lowest BCUT2D eigenvalue weighted by Crippen LogP contribution is -2.27. The van der Waals surface area contributed by atoms with Crippen LogP contribution < -0.4 is 0 Å². The minimum absolute atomic E-state index is 0.582. The highest BCUT2D eigenvalue weighted by atomic mass is 15.2. The first kappa shape index (κ1) is 11.3. The molecule has 0 aliphatic carbocycles. The van der Waals surface area contributed by atoms with Crippen molar-refractivity contribution in [1.29, 1.82) is 0 Å². The van der Waals surface area contributed by atoms with Gasteiger partial charge in [-0.1, -0.05) is 13.8 Å². The molecule has 3 heterocycles. The number of aryl methyl sites for hydroxylation is 1. The van der Waals surface area contributed by atoms with Crippen molar-refractivity contribution in [3.8, 4) is 0 Å².